The minimum Gasteiger partial charge on any atom is -0.262 e. The Morgan fingerprint density at radius 1 is 1.18 bits per heavy atom. The first-order valence-electron chi connectivity index (χ1n) is 3.22. The van der Waals surface area contributed by atoms with Crippen molar-refractivity contribution >= 4 is 10.9 Å². The number of pyridine rings is 2. The number of aromatic nitrogens is 2. The Morgan fingerprint density at radius 3 is 2.91 bits per heavy atom. The lowest BCUT2D eigenvalue weighted by Gasteiger charge is -1.94. The van der Waals surface area contributed by atoms with E-state index >= 15 is 0 Å². The van der Waals surface area contributed by atoms with Gasteiger partial charge in [-0.05, 0) is 12.1 Å². The maximum absolute atomic E-state index is 12.9. The van der Waals surface area contributed by atoms with Crippen molar-refractivity contribution in [2.45, 2.75) is 0 Å². The number of rotatable bonds is 0. The second kappa shape index (κ2) is 2.27. The minimum absolute atomic E-state index is 0.252. The third kappa shape index (κ3) is 0.941. The summed E-state index contributed by atoms with van der Waals surface area (Å²) in [4.78, 5) is 7.76. The van der Waals surface area contributed by atoms with E-state index in [9.17, 15) is 4.39 Å². The van der Waals surface area contributed by atoms with Crippen LogP contribution in [0.1, 0.15) is 0 Å². The molecule has 2 aromatic rings. The highest BCUT2D eigenvalue weighted by Gasteiger charge is 1.97. The molecule has 2 aromatic heterocycles. The van der Waals surface area contributed by atoms with E-state index in [1.54, 1.807) is 18.5 Å². The van der Waals surface area contributed by atoms with Crippen LogP contribution in [0.5, 0.6) is 0 Å². The third-order valence-corrected chi connectivity index (χ3v) is 1.49. The number of nitrogens with zero attached hydrogens (tertiary/aromatic N) is 2. The van der Waals surface area contributed by atoms with Gasteiger partial charge in [-0.25, -0.2) is 4.39 Å². The highest BCUT2D eigenvalue weighted by molar-refractivity contribution is 5.77. The molecule has 0 fully saturated rings. The van der Waals surface area contributed by atoms with Crippen LogP contribution in [0.2, 0.25) is 0 Å². The molecule has 0 aliphatic rings. The number of halogens is 1. The van der Waals surface area contributed by atoms with Gasteiger partial charge in [-0.15, -0.1) is 0 Å². The molecule has 11 heavy (non-hydrogen) atoms. The van der Waals surface area contributed by atoms with E-state index in [2.05, 4.69) is 9.97 Å². The molecule has 0 atom stereocenters. The fraction of sp³-hybridized carbons (Fsp3) is 0. The van der Waals surface area contributed by atoms with Crippen molar-refractivity contribution in [1.29, 1.82) is 0 Å². The smallest absolute Gasteiger partial charge is 0.134 e. The predicted molar refractivity (Wildman–Crippen MR) is 39.5 cm³/mol. The highest BCUT2D eigenvalue weighted by atomic mass is 19.1. The first-order valence-corrected chi connectivity index (χ1v) is 3.22. The number of hydrogen-bond donors (Lipinski definition) is 0. The SMILES string of the molecule is Fc1ccnc2cnccc12. The van der Waals surface area contributed by atoms with Gasteiger partial charge in [0, 0.05) is 17.8 Å². The second-order valence-corrected chi connectivity index (χ2v) is 2.19. The van der Waals surface area contributed by atoms with Gasteiger partial charge in [0.15, 0.2) is 0 Å². The summed E-state index contributed by atoms with van der Waals surface area (Å²) in [5.74, 6) is -0.252. The van der Waals surface area contributed by atoms with Crippen molar-refractivity contribution in [1.82, 2.24) is 9.97 Å². The van der Waals surface area contributed by atoms with Crippen molar-refractivity contribution in [3.63, 3.8) is 0 Å². The van der Waals surface area contributed by atoms with Crippen molar-refractivity contribution < 1.29 is 4.39 Å². The molecule has 54 valence electrons. The zero-order valence-electron chi connectivity index (χ0n) is 5.66. The lowest BCUT2D eigenvalue weighted by Crippen LogP contribution is -1.82. The van der Waals surface area contributed by atoms with Crippen LogP contribution in [0.15, 0.2) is 30.7 Å². The molecule has 0 saturated heterocycles. The standard InChI is InChI=1S/C8H5FN2/c9-7-2-4-11-8-5-10-3-1-6(7)8/h1-5H. The van der Waals surface area contributed by atoms with E-state index < -0.39 is 0 Å². The van der Waals surface area contributed by atoms with Gasteiger partial charge in [0.05, 0.1) is 11.7 Å². The lowest BCUT2D eigenvalue weighted by molar-refractivity contribution is 0.638. The van der Waals surface area contributed by atoms with E-state index in [0.717, 1.165) is 0 Å². The first kappa shape index (κ1) is 6.22. The fourth-order valence-electron chi connectivity index (χ4n) is 0.964. The maximum atomic E-state index is 12.9. The van der Waals surface area contributed by atoms with Crippen molar-refractivity contribution in [3.05, 3.63) is 36.5 Å². The van der Waals surface area contributed by atoms with E-state index in [1.165, 1.54) is 12.3 Å². The van der Waals surface area contributed by atoms with Crippen LogP contribution in [0.4, 0.5) is 4.39 Å². The Labute approximate surface area is 62.7 Å². The van der Waals surface area contributed by atoms with Crippen LogP contribution >= 0.6 is 0 Å². The highest BCUT2D eigenvalue weighted by Crippen LogP contribution is 2.11. The van der Waals surface area contributed by atoms with E-state index in [0.29, 0.717) is 10.9 Å². The molecule has 0 bridgehead atoms. The molecule has 0 saturated carbocycles. The summed E-state index contributed by atoms with van der Waals surface area (Å²) in [5.41, 5.74) is 0.590. The molecule has 0 unspecified atom stereocenters. The largest absolute Gasteiger partial charge is 0.262 e. The maximum Gasteiger partial charge on any atom is 0.134 e. The van der Waals surface area contributed by atoms with Crippen molar-refractivity contribution in [3.8, 4) is 0 Å². The van der Waals surface area contributed by atoms with Crippen LogP contribution in [0.25, 0.3) is 10.9 Å². The third-order valence-electron chi connectivity index (χ3n) is 1.49. The molecular weight excluding hydrogens is 143 g/mol. The first-order chi connectivity index (χ1) is 5.38. The van der Waals surface area contributed by atoms with Crippen LogP contribution < -0.4 is 0 Å². The summed E-state index contributed by atoms with van der Waals surface area (Å²) in [5, 5.41) is 0.516. The van der Waals surface area contributed by atoms with Gasteiger partial charge < -0.3 is 0 Å². The van der Waals surface area contributed by atoms with Gasteiger partial charge >= 0.3 is 0 Å². The molecule has 3 heteroatoms. The van der Waals surface area contributed by atoms with Crippen LogP contribution in [-0.4, -0.2) is 9.97 Å². The van der Waals surface area contributed by atoms with Crippen LogP contribution in [0, 0.1) is 5.82 Å². The number of fused-ring (bicyclic) bond motifs is 1. The zero-order chi connectivity index (χ0) is 7.68. The normalized spacial score (nSPS) is 10.3. The van der Waals surface area contributed by atoms with Gasteiger partial charge in [0.25, 0.3) is 0 Å². The van der Waals surface area contributed by atoms with Gasteiger partial charge in [-0.3, -0.25) is 9.97 Å². The number of hydrogen-bond acceptors (Lipinski definition) is 2. The molecule has 0 aromatic carbocycles. The molecule has 0 aliphatic carbocycles. The Bertz CT molecular complexity index is 381. The predicted octanol–water partition coefficient (Wildman–Crippen LogP) is 1.77. The quantitative estimate of drug-likeness (QED) is 0.569. The van der Waals surface area contributed by atoms with E-state index in [-0.39, 0.29) is 5.82 Å². The van der Waals surface area contributed by atoms with Gasteiger partial charge in [-0.1, -0.05) is 0 Å². The fourth-order valence-corrected chi connectivity index (χ4v) is 0.964. The Morgan fingerprint density at radius 2 is 2.09 bits per heavy atom. The van der Waals surface area contributed by atoms with Crippen molar-refractivity contribution in [2.24, 2.45) is 0 Å². The van der Waals surface area contributed by atoms with Gasteiger partial charge in [-0.2, -0.15) is 0 Å². The molecule has 0 aliphatic heterocycles. The molecule has 2 heterocycles. The molecule has 0 amide bonds. The summed E-state index contributed by atoms with van der Waals surface area (Å²) in [6.45, 7) is 0. The van der Waals surface area contributed by atoms with Crippen LogP contribution in [-0.2, 0) is 0 Å². The topological polar surface area (TPSA) is 25.8 Å². The molecular formula is C8H5FN2. The summed E-state index contributed by atoms with van der Waals surface area (Å²) >= 11 is 0. The Hall–Kier alpha value is -1.51. The molecule has 2 rings (SSSR count). The zero-order valence-corrected chi connectivity index (χ0v) is 5.66. The minimum atomic E-state index is -0.252. The Kier molecular flexibility index (Phi) is 1.28. The second-order valence-electron chi connectivity index (χ2n) is 2.19. The van der Waals surface area contributed by atoms with Gasteiger partial charge in [0.1, 0.15) is 5.82 Å². The van der Waals surface area contributed by atoms with E-state index in [1.807, 2.05) is 0 Å². The average Bonchev–Trinajstić information content (AvgIpc) is 2.06. The van der Waals surface area contributed by atoms with Gasteiger partial charge in [0.2, 0.25) is 0 Å². The van der Waals surface area contributed by atoms with Crippen molar-refractivity contribution in [2.75, 3.05) is 0 Å². The monoisotopic (exact) mass is 148 g/mol. The van der Waals surface area contributed by atoms with Crippen LogP contribution in [0.3, 0.4) is 0 Å². The summed E-state index contributed by atoms with van der Waals surface area (Å²) in [6.07, 6.45) is 4.52. The summed E-state index contributed by atoms with van der Waals surface area (Å²) in [6, 6.07) is 2.94. The Balaban J connectivity index is 2.91. The summed E-state index contributed by atoms with van der Waals surface area (Å²) in [7, 11) is 0. The molecule has 2 nitrogen and oxygen atoms in total. The lowest BCUT2D eigenvalue weighted by atomic mass is 10.2. The average molecular weight is 148 g/mol. The van der Waals surface area contributed by atoms with E-state index in [4.69, 9.17) is 0 Å². The molecule has 0 N–H and O–H groups in total. The molecule has 0 spiro atoms. The molecule has 0 radical (unpaired) electrons. The summed E-state index contributed by atoms with van der Waals surface area (Å²) < 4.78 is 12.9.